The third-order valence-corrected chi connectivity index (χ3v) is 5.36. The number of nitrogens with zero attached hydrogens (tertiary/aromatic N) is 1. The zero-order valence-electron chi connectivity index (χ0n) is 14.9. The van der Waals surface area contributed by atoms with Crippen molar-refractivity contribution < 1.29 is 9.32 Å². The maximum absolute atomic E-state index is 13.0. The lowest BCUT2D eigenvalue weighted by molar-refractivity contribution is 0.478. The molecular weight excluding hydrogens is 348 g/mol. The Hall–Kier alpha value is -2.64. The highest BCUT2D eigenvalue weighted by Crippen LogP contribution is 2.26. The van der Waals surface area contributed by atoms with Gasteiger partial charge in [0.1, 0.15) is 5.75 Å². The first-order valence-corrected chi connectivity index (χ1v) is 10.1. The number of benzene rings is 2. The molecule has 0 aliphatic heterocycles. The summed E-state index contributed by atoms with van der Waals surface area (Å²) in [6, 6.07) is 13.5. The number of allylic oxidation sites excluding steroid dienone is 1. The molecule has 1 unspecified atom stereocenters. The minimum atomic E-state index is -2.88. The summed E-state index contributed by atoms with van der Waals surface area (Å²) in [5.74, 6) is 9.85. The molecule has 0 saturated heterocycles. The van der Waals surface area contributed by atoms with E-state index in [9.17, 15) is 9.32 Å². The number of para-hydroxylation sites is 2. The fourth-order valence-electron chi connectivity index (χ4n) is 2.34. The van der Waals surface area contributed by atoms with Crippen LogP contribution in [0.25, 0.3) is 0 Å². The highest BCUT2D eigenvalue weighted by molar-refractivity contribution is 8.01. The minimum Gasteiger partial charge on any atom is -0.506 e. The van der Waals surface area contributed by atoms with Crippen LogP contribution in [0.4, 0.5) is 11.4 Å². The highest BCUT2D eigenvalue weighted by Gasteiger charge is 2.12. The second-order valence-electron chi connectivity index (χ2n) is 6.01. The van der Waals surface area contributed by atoms with Gasteiger partial charge in [-0.3, -0.25) is 5.01 Å². The standard InChI is InChI=1S/C19H26N4O2S/c1-3-4-8-15(20)14-23(21)16-9-7-10-17(13-16)26(2,25)22-18-11-5-6-12-19(18)24/h5-7,9-14,24H,2-4,8,20-21H2,1H3,(H,22,25)/b15-14-. The number of nitrogens with two attached hydrogens (primary N) is 2. The van der Waals surface area contributed by atoms with Crippen molar-refractivity contribution in [2.75, 3.05) is 9.73 Å². The van der Waals surface area contributed by atoms with Gasteiger partial charge in [0.25, 0.3) is 0 Å². The lowest BCUT2D eigenvalue weighted by Crippen LogP contribution is -2.26. The van der Waals surface area contributed by atoms with Gasteiger partial charge in [-0.15, -0.1) is 0 Å². The molecule has 0 spiro atoms. The molecule has 140 valence electrons. The van der Waals surface area contributed by atoms with Crippen LogP contribution in [0.15, 0.2) is 65.3 Å². The average Bonchev–Trinajstić information content (AvgIpc) is 2.62. The molecule has 26 heavy (non-hydrogen) atoms. The number of nitrogens with one attached hydrogen (secondary N) is 1. The number of unbranched alkanes of at least 4 members (excludes halogenated alkanes) is 1. The Morgan fingerprint density at radius 1 is 1.31 bits per heavy atom. The monoisotopic (exact) mass is 374 g/mol. The van der Waals surface area contributed by atoms with E-state index in [-0.39, 0.29) is 5.75 Å². The van der Waals surface area contributed by atoms with Crippen molar-refractivity contribution in [1.29, 1.82) is 0 Å². The summed E-state index contributed by atoms with van der Waals surface area (Å²) < 4.78 is 15.8. The molecule has 0 heterocycles. The fraction of sp³-hybridized carbons (Fsp3) is 0.211. The Morgan fingerprint density at radius 3 is 2.73 bits per heavy atom. The van der Waals surface area contributed by atoms with Crippen molar-refractivity contribution in [3.63, 3.8) is 0 Å². The average molecular weight is 375 g/mol. The van der Waals surface area contributed by atoms with Crippen LogP contribution in [0.5, 0.6) is 5.75 Å². The molecule has 6 N–H and O–H groups in total. The number of hydrogen-bond acceptors (Lipinski definition) is 5. The molecule has 6 nitrogen and oxygen atoms in total. The van der Waals surface area contributed by atoms with Gasteiger partial charge in [-0.1, -0.05) is 31.5 Å². The second kappa shape index (κ2) is 8.64. The molecule has 2 rings (SSSR count). The van der Waals surface area contributed by atoms with Gasteiger partial charge in [0.15, 0.2) is 0 Å². The summed E-state index contributed by atoms with van der Waals surface area (Å²) >= 11 is 0. The van der Waals surface area contributed by atoms with Crippen molar-refractivity contribution in [3.05, 3.63) is 60.4 Å². The van der Waals surface area contributed by atoms with Crippen LogP contribution in [-0.2, 0) is 9.71 Å². The highest BCUT2D eigenvalue weighted by atomic mass is 32.2. The summed E-state index contributed by atoms with van der Waals surface area (Å²) in [5.41, 5.74) is 7.64. The van der Waals surface area contributed by atoms with Crippen LogP contribution in [0.2, 0.25) is 0 Å². The van der Waals surface area contributed by atoms with Crippen molar-refractivity contribution >= 4 is 27.0 Å². The number of phenols is 1. The maximum Gasteiger partial charge on any atom is 0.139 e. The minimum absolute atomic E-state index is 0.00659. The molecule has 0 aliphatic rings. The topological polar surface area (TPSA) is 105 Å². The van der Waals surface area contributed by atoms with Crippen LogP contribution in [0, 0.1) is 0 Å². The van der Waals surface area contributed by atoms with Crippen LogP contribution in [0.1, 0.15) is 26.2 Å². The van der Waals surface area contributed by atoms with Crippen molar-refractivity contribution in [1.82, 2.24) is 0 Å². The fourth-order valence-corrected chi connectivity index (χ4v) is 3.60. The van der Waals surface area contributed by atoms with E-state index >= 15 is 0 Å². The van der Waals surface area contributed by atoms with Crippen LogP contribution in [-0.4, -0.2) is 15.2 Å². The summed E-state index contributed by atoms with van der Waals surface area (Å²) in [7, 11) is -2.88. The van der Waals surface area contributed by atoms with Gasteiger partial charge in [-0.25, -0.2) is 10.1 Å². The number of hydrazine groups is 1. The Labute approximate surface area is 155 Å². The van der Waals surface area contributed by atoms with E-state index in [4.69, 9.17) is 11.6 Å². The molecule has 0 saturated carbocycles. The third-order valence-electron chi connectivity index (χ3n) is 3.80. The molecule has 0 bridgehead atoms. The van der Waals surface area contributed by atoms with Gasteiger partial charge in [0, 0.05) is 11.9 Å². The van der Waals surface area contributed by atoms with Gasteiger partial charge in [-0.05, 0) is 49.0 Å². The van der Waals surface area contributed by atoms with Gasteiger partial charge in [0.05, 0.1) is 26.0 Å². The van der Waals surface area contributed by atoms with Crippen molar-refractivity contribution in [2.24, 2.45) is 11.6 Å². The summed E-state index contributed by atoms with van der Waals surface area (Å²) in [4.78, 5) is 0.467. The third kappa shape index (κ3) is 5.18. The van der Waals surface area contributed by atoms with E-state index in [1.54, 1.807) is 48.7 Å². The largest absolute Gasteiger partial charge is 0.506 e. The Bertz CT molecular complexity index is 879. The molecule has 0 fully saturated rings. The zero-order chi connectivity index (χ0) is 19.2. The van der Waals surface area contributed by atoms with Crippen molar-refractivity contribution in [2.45, 2.75) is 31.1 Å². The number of anilines is 2. The molecule has 1 atom stereocenters. The first-order valence-electron chi connectivity index (χ1n) is 8.36. The molecule has 0 amide bonds. The van der Waals surface area contributed by atoms with E-state index < -0.39 is 9.71 Å². The molecule has 0 aliphatic carbocycles. The van der Waals surface area contributed by atoms with Gasteiger partial charge < -0.3 is 15.6 Å². The predicted octanol–water partition coefficient (Wildman–Crippen LogP) is 3.17. The smallest absolute Gasteiger partial charge is 0.139 e. The lowest BCUT2D eigenvalue weighted by atomic mass is 10.2. The summed E-state index contributed by atoms with van der Waals surface area (Å²) in [5, 5.41) is 11.3. The first-order chi connectivity index (χ1) is 12.3. The molecule has 2 aromatic rings. The van der Waals surface area contributed by atoms with Crippen LogP contribution in [0.3, 0.4) is 0 Å². The quantitative estimate of drug-likeness (QED) is 0.246. The van der Waals surface area contributed by atoms with Gasteiger partial charge in [-0.2, -0.15) is 0 Å². The SMILES string of the molecule is C=S(=O)(Nc1ccccc1O)c1cccc(N(N)/C=C(\N)CCCC)c1. The van der Waals surface area contributed by atoms with Crippen LogP contribution < -0.4 is 21.3 Å². The predicted molar refractivity (Wildman–Crippen MR) is 110 cm³/mol. The van der Waals surface area contributed by atoms with Gasteiger partial charge in [0.2, 0.25) is 0 Å². The number of phenolic OH excluding ortho intramolecular Hbond substituents is 1. The first kappa shape index (κ1) is 19.7. The summed E-state index contributed by atoms with van der Waals surface area (Å²) in [6.45, 7) is 2.10. The Morgan fingerprint density at radius 2 is 2.04 bits per heavy atom. The summed E-state index contributed by atoms with van der Waals surface area (Å²) in [6.07, 6.45) is 4.48. The molecule has 2 aromatic carbocycles. The molecular formula is C19H26N4O2S. The number of rotatable bonds is 8. The number of aromatic hydroxyl groups is 1. The maximum atomic E-state index is 13.0. The normalized spacial score (nSPS) is 13.8. The molecule has 0 radical (unpaired) electrons. The van der Waals surface area contributed by atoms with Gasteiger partial charge >= 0.3 is 0 Å². The van der Waals surface area contributed by atoms with E-state index in [0.717, 1.165) is 19.3 Å². The molecule has 7 heteroatoms. The van der Waals surface area contributed by atoms with Crippen molar-refractivity contribution in [3.8, 4) is 5.75 Å². The number of hydrogen-bond donors (Lipinski definition) is 4. The Kier molecular flexibility index (Phi) is 6.54. The van der Waals surface area contributed by atoms with E-state index in [1.165, 1.54) is 11.1 Å². The van der Waals surface area contributed by atoms with Crippen LogP contribution >= 0.6 is 0 Å². The second-order valence-corrected chi connectivity index (χ2v) is 8.03. The zero-order valence-corrected chi connectivity index (χ0v) is 15.7. The Balaban J connectivity index is 2.23. The van der Waals surface area contributed by atoms with E-state index in [2.05, 4.69) is 17.5 Å². The van der Waals surface area contributed by atoms with E-state index in [0.29, 0.717) is 22.0 Å². The molecule has 0 aromatic heterocycles. The van der Waals surface area contributed by atoms with E-state index in [1.807, 2.05) is 0 Å². The lowest BCUT2D eigenvalue weighted by Gasteiger charge is -2.18.